The van der Waals surface area contributed by atoms with Crippen molar-refractivity contribution < 1.29 is 0 Å². The van der Waals surface area contributed by atoms with Crippen LogP contribution in [0.25, 0.3) is 0 Å². The second-order valence-corrected chi connectivity index (χ2v) is 5.40. The Hall–Kier alpha value is -0.830. The fraction of sp³-hybridized carbons (Fsp3) is 0.500. The molecule has 0 spiro atoms. The molecule has 0 saturated heterocycles. The maximum absolute atomic E-state index is 4.60. The summed E-state index contributed by atoms with van der Waals surface area (Å²) >= 11 is 3.42. The lowest BCUT2D eigenvalue weighted by Gasteiger charge is -2.15. The van der Waals surface area contributed by atoms with Crippen LogP contribution in [0, 0.1) is 13.8 Å². The number of benzene rings is 1. The van der Waals surface area contributed by atoms with Crippen molar-refractivity contribution in [2.24, 2.45) is 4.99 Å². The van der Waals surface area contributed by atoms with Gasteiger partial charge in [0.1, 0.15) is 0 Å². The summed E-state index contributed by atoms with van der Waals surface area (Å²) in [5.41, 5.74) is 4.28. The van der Waals surface area contributed by atoms with Crippen molar-refractivity contribution in [1.82, 2.24) is 5.32 Å². The fourth-order valence-electron chi connectivity index (χ4n) is 2.57. The molecule has 0 radical (unpaired) electrons. The Labute approximate surface area is 112 Å². The molecule has 0 fully saturated rings. The first-order valence-electron chi connectivity index (χ1n) is 6.11. The van der Waals surface area contributed by atoms with E-state index in [4.69, 9.17) is 0 Å². The van der Waals surface area contributed by atoms with Crippen molar-refractivity contribution in [2.75, 3.05) is 18.4 Å². The molecule has 0 saturated carbocycles. The third kappa shape index (κ3) is 2.89. The molecule has 2 rings (SSSR count). The summed E-state index contributed by atoms with van der Waals surface area (Å²) in [4.78, 5) is 4.60. The molecule has 1 N–H and O–H groups in total. The summed E-state index contributed by atoms with van der Waals surface area (Å²) in [6.45, 7) is 6.28. The third-order valence-electron chi connectivity index (χ3n) is 3.32. The molecule has 1 aromatic rings. The predicted octanol–water partition coefficient (Wildman–Crippen LogP) is 3.17. The molecular formula is C14H19BrN2. The summed E-state index contributed by atoms with van der Waals surface area (Å²) in [6, 6.07) is 6.53. The normalized spacial score (nSPS) is 19.2. The molecule has 1 heterocycles. The van der Waals surface area contributed by atoms with E-state index in [0.29, 0.717) is 5.92 Å². The summed E-state index contributed by atoms with van der Waals surface area (Å²) in [7, 11) is 0. The predicted molar refractivity (Wildman–Crippen MR) is 77.4 cm³/mol. The van der Waals surface area contributed by atoms with E-state index in [1.54, 1.807) is 0 Å². The number of hydrogen-bond donors (Lipinski definition) is 1. The zero-order chi connectivity index (χ0) is 12.3. The summed E-state index contributed by atoms with van der Waals surface area (Å²) < 4.78 is 0. The molecule has 2 nitrogen and oxygen atoms in total. The number of nitrogens with one attached hydrogen (secondary N) is 1. The minimum atomic E-state index is 0.564. The fourth-order valence-corrected chi connectivity index (χ4v) is 2.77. The van der Waals surface area contributed by atoms with E-state index in [-0.39, 0.29) is 0 Å². The maximum Gasteiger partial charge on any atom is 0.0970 e. The molecule has 17 heavy (non-hydrogen) atoms. The first kappa shape index (κ1) is 12.6. The van der Waals surface area contributed by atoms with E-state index in [1.807, 2.05) is 0 Å². The topological polar surface area (TPSA) is 24.4 Å². The van der Waals surface area contributed by atoms with E-state index < -0.39 is 0 Å². The van der Waals surface area contributed by atoms with Crippen molar-refractivity contribution in [3.63, 3.8) is 0 Å². The number of rotatable bonds is 3. The lowest BCUT2D eigenvalue weighted by molar-refractivity contribution is 0.760. The molecule has 1 aromatic carbocycles. The number of aliphatic imine (C=N–C) groups is 1. The molecule has 3 heteroatoms. The van der Waals surface area contributed by atoms with Gasteiger partial charge in [-0.2, -0.15) is 0 Å². The first-order chi connectivity index (χ1) is 8.22. The second kappa shape index (κ2) is 5.67. The summed E-state index contributed by atoms with van der Waals surface area (Å²) in [5, 5.41) is 4.35. The number of halogens is 1. The van der Waals surface area contributed by atoms with Crippen LogP contribution in [0.3, 0.4) is 0 Å². The standard InChI is InChI=1S/C14H19BrN2/c1-10-4-3-5-11(2)14(10)12-8-13(17-9-12)16-7-6-15/h3-5,12H,6-9H2,1-2H3,(H,16,17). The Balaban J connectivity index is 2.07. The first-order valence-corrected chi connectivity index (χ1v) is 7.23. The molecule has 92 valence electrons. The molecule has 0 aliphatic carbocycles. The van der Waals surface area contributed by atoms with Gasteiger partial charge in [-0.1, -0.05) is 34.1 Å². The van der Waals surface area contributed by atoms with Crippen molar-refractivity contribution >= 4 is 21.8 Å². The molecule has 1 aliphatic heterocycles. The van der Waals surface area contributed by atoms with Crippen LogP contribution >= 0.6 is 15.9 Å². The number of hydrogen-bond acceptors (Lipinski definition) is 2. The van der Waals surface area contributed by atoms with E-state index >= 15 is 0 Å². The summed E-state index contributed by atoms with van der Waals surface area (Å²) in [5.74, 6) is 1.73. The van der Waals surface area contributed by atoms with Crippen LogP contribution < -0.4 is 5.32 Å². The van der Waals surface area contributed by atoms with Gasteiger partial charge in [-0.3, -0.25) is 4.99 Å². The number of aryl methyl sites for hydroxylation is 2. The van der Waals surface area contributed by atoms with E-state index in [9.17, 15) is 0 Å². The Kier molecular flexibility index (Phi) is 4.21. The van der Waals surface area contributed by atoms with Crippen molar-refractivity contribution in [1.29, 1.82) is 0 Å². The van der Waals surface area contributed by atoms with Crippen molar-refractivity contribution in [2.45, 2.75) is 26.2 Å². The third-order valence-corrected chi connectivity index (χ3v) is 3.71. The summed E-state index contributed by atoms with van der Waals surface area (Å²) in [6.07, 6.45) is 1.05. The van der Waals surface area contributed by atoms with Gasteiger partial charge in [-0.15, -0.1) is 0 Å². The minimum absolute atomic E-state index is 0.564. The van der Waals surface area contributed by atoms with Crippen molar-refractivity contribution in [3.05, 3.63) is 34.9 Å². The Morgan fingerprint density at radius 2 is 2.06 bits per heavy atom. The molecular weight excluding hydrogens is 276 g/mol. The molecule has 1 aliphatic rings. The number of nitrogens with zero attached hydrogens (tertiary/aromatic N) is 1. The van der Waals surface area contributed by atoms with E-state index in [2.05, 4.69) is 58.3 Å². The van der Waals surface area contributed by atoms with Crippen LogP contribution in [0.15, 0.2) is 23.2 Å². The average molecular weight is 295 g/mol. The molecule has 0 bridgehead atoms. The second-order valence-electron chi connectivity index (χ2n) is 4.61. The van der Waals surface area contributed by atoms with Crippen LogP contribution in [0.1, 0.15) is 29.0 Å². The smallest absolute Gasteiger partial charge is 0.0970 e. The van der Waals surface area contributed by atoms with Gasteiger partial charge in [-0.25, -0.2) is 0 Å². The largest absolute Gasteiger partial charge is 0.373 e. The highest BCUT2D eigenvalue weighted by atomic mass is 79.9. The van der Waals surface area contributed by atoms with E-state index in [1.165, 1.54) is 16.7 Å². The lowest BCUT2D eigenvalue weighted by Crippen LogP contribution is -2.24. The zero-order valence-electron chi connectivity index (χ0n) is 10.5. The molecule has 0 aromatic heterocycles. The van der Waals surface area contributed by atoms with Gasteiger partial charge in [0.2, 0.25) is 0 Å². The highest BCUT2D eigenvalue weighted by molar-refractivity contribution is 9.09. The van der Waals surface area contributed by atoms with Gasteiger partial charge < -0.3 is 5.32 Å². The quantitative estimate of drug-likeness (QED) is 0.851. The van der Waals surface area contributed by atoms with Gasteiger partial charge in [0.25, 0.3) is 0 Å². The van der Waals surface area contributed by atoms with Gasteiger partial charge in [0.05, 0.1) is 5.84 Å². The van der Waals surface area contributed by atoms with Crippen LogP contribution in [-0.2, 0) is 0 Å². The van der Waals surface area contributed by atoms with Crippen LogP contribution in [0.2, 0.25) is 0 Å². The van der Waals surface area contributed by atoms with Gasteiger partial charge in [0, 0.05) is 30.8 Å². The monoisotopic (exact) mass is 294 g/mol. The SMILES string of the molecule is Cc1cccc(C)c1C1CN=C(NCCBr)C1. The van der Waals surface area contributed by atoms with Crippen molar-refractivity contribution in [3.8, 4) is 0 Å². The zero-order valence-corrected chi connectivity index (χ0v) is 12.0. The van der Waals surface area contributed by atoms with Gasteiger partial charge in [-0.05, 0) is 30.5 Å². The van der Waals surface area contributed by atoms with Gasteiger partial charge in [0.15, 0.2) is 0 Å². The van der Waals surface area contributed by atoms with Gasteiger partial charge >= 0.3 is 0 Å². The van der Waals surface area contributed by atoms with Crippen LogP contribution in [0.5, 0.6) is 0 Å². The molecule has 1 atom stereocenters. The highest BCUT2D eigenvalue weighted by Gasteiger charge is 2.22. The number of alkyl halides is 1. The lowest BCUT2D eigenvalue weighted by atomic mass is 9.89. The Morgan fingerprint density at radius 1 is 1.35 bits per heavy atom. The number of amidine groups is 1. The molecule has 0 amide bonds. The Bertz CT molecular complexity index is 406. The maximum atomic E-state index is 4.60. The van der Waals surface area contributed by atoms with Crippen LogP contribution in [0.4, 0.5) is 0 Å². The average Bonchev–Trinajstić information content (AvgIpc) is 2.75. The van der Waals surface area contributed by atoms with E-state index in [0.717, 1.165) is 30.7 Å². The molecule has 1 unspecified atom stereocenters. The van der Waals surface area contributed by atoms with Crippen LogP contribution in [-0.4, -0.2) is 24.3 Å². The minimum Gasteiger partial charge on any atom is -0.373 e. The Morgan fingerprint density at radius 3 is 2.71 bits per heavy atom. The highest BCUT2D eigenvalue weighted by Crippen LogP contribution is 2.30.